The van der Waals surface area contributed by atoms with E-state index in [1.165, 1.54) is 7.05 Å². The van der Waals surface area contributed by atoms with E-state index in [1.54, 1.807) is 23.5 Å². The van der Waals surface area contributed by atoms with E-state index in [0.29, 0.717) is 24.4 Å². The fourth-order valence-corrected chi connectivity index (χ4v) is 5.41. The molecule has 0 atom stereocenters. The van der Waals surface area contributed by atoms with Gasteiger partial charge in [0.05, 0.1) is 5.69 Å². The first-order valence-electron chi connectivity index (χ1n) is 11.5. The molecule has 1 saturated carbocycles. The van der Waals surface area contributed by atoms with Crippen molar-refractivity contribution in [1.82, 2.24) is 20.5 Å². The van der Waals surface area contributed by atoms with Crippen molar-refractivity contribution >= 4 is 28.3 Å². The Morgan fingerprint density at radius 1 is 1.18 bits per heavy atom. The van der Waals surface area contributed by atoms with Crippen LogP contribution in [0, 0.1) is 11.5 Å². The molecule has 33 heavy (non-hydrogen) atoms. The Morgan fingerprint density at radius 3 is 2.55 bits per heavy atom. The van der Waals surface area contributed by atoms with Gasteiger partial charge in [-0.05, 0) is 50.9 Å². The summed E-state index contributed by atoms with van der Waals surface area (Å²) in [5, 5.41) is 21.9. The van der Waals surface area contributed by atoms with E-state index in [0.717, 1.165) is 66.5 Å². The lowest BCUT2D eigenvalue weighted by Crippen LogP contribution is -2.59. The van der Waals surface area contributed by atoms with Crippen molar-refractivity contribution in [3.05, 3.63) is 35.2 Å². The van der Waals surface area contributed by atoms with Gasteiger partial charge < -0.3 is 16.0 Å². The van der Waals surface area contributed by atoms with Crippen LogP contribution in [0.3, 0.4) is 0 Å². The third-order valence-electron chi connectivity index (χ3n) is 6.54. The number of anilines is 1. The van der Waals surface area contributed by atoms with Crippen LogP contribution in [0.5, 0.6) is 0 Å². The second-order valence-corrected chi connectivity index (χ2v) is 9.70. The number of likely N-dealkylation sites (N-methyl/N-ethyl adjacent to an activating group) is 1. The number of carbonyl (C=O) groups is 2. The first-order chi connectivity index (χ1) is 16.0. The monoisotopic (exact) mass is 466 g/mol. The van der Waals surface area contributed by atoms with Gasteiger partial charge in [-0.15, -0.1) is 11.3 Å². The zero-order valence-corrected chi connectivity index (χ0v) is 19.7. The van der Waals surface area contributed by atoms with Gasteiger partial charge in [0.2, 0.25) is 0 Å². The molecule has 0 bridgehead atoms. The predicted molar refractivity (Wildman–Crippen MR) is 129 cm³/mol. The molecule has 9 heteroatoms. The maximum atomic E-state index is 13.0. The Balaban J connectivity index is 1.43. The molecule has 174 valence electrons. The number of hydrogen-bond donors (Lipinski definition) is 3. The molecule has 1 aliphatic heterocycles. The highest BCUT2D eigenvalue weighted by Gasteiger charge is 2.42. The van der Waals surface area contributed by atoms with Gasteiger partial charge in [0.25, 0.3) is 11.8 Å². The van der Waals surface area contributed by atoms with E-state index in [4.69, 9.17) is 10.2 Å². The first kappa shape index (κ1) is 23.2. The van der Waals surface area contributed by atoms with Crippen molar-refractivity contribution in [2.75, 3.05) is 25.5 Å². The molecule has 1 aromatic carbocycles. The van der Waals surface area contributed by atoms with E-state index in [1.807, 2.05) is 23.7 Å². The Kier molecular flexibility index (Phi) is 7.26. The van der Waals surface area contributed by atoms with Crippen molar-refractivity contribution < 1.29 is 9.59 Å². The number of carbonyl (C=O) groups excluding carboxylic acids is 2. The minimum atomic E-state index is -1.01. The summed E-state index contributed by atoms with van der Waals surface area (Å²) in [5.41, 5.74) is 1.29. The Morgan fingerprint density at radius 2 is 1.88 bits per heavy atom. The topological polar surface area (TPSA) is 110 Å². The zero-order chi connectivity index (χ0) is 23.3. The average Bonchev–Trinajstić information content (AvgIpc) is 3.32. The second-order valence-electron chi connectivity index (χ2n) is 8.84. The summed E-state index contributed by atoms with van der Waals surface area (Å²) in [4.78, 5) is 31.6. The molecular formula is C24H30N6O2S. The summed E-state index contributed by atoms with van der Waals surface area (Å²) in [6.07, 6.45) is 7.87. The molecule has 1 aromatic heterocycles. The zero-order valence-electron chi connectivity index (χ0n) is 18.9. The molecule has 8 nitrogen and oxygen atoms in total. The fourth-order valence-electron chi connectivity index (χ4n) is 4.61. The first-order valence-corrected chi connectivity index (χ1v) is 12.4. The van der Waals surface area contributed by atoms with Crippen LogP contribution in [0.25, 0.3) is 11.3 Å². The highest BCUT2D eigenvalue weighted by Crippen LogP contribution is 2.31. The Bertz CT molecular complexity index is 1020. The SMILES string of the molecule is CN(C#N)C(=O)C1(NC(=O)c2ccc(-c3csc(NC4CCNCC4)n3)cc2)CCCCC1. The van der Waals surface area contributed by atoms with Crippen molar-refractivity contribution in [2.24, 2.45) is 0 Å². The van der Waals surface area contributed by atoms with Crippen LogP contribution in [-0.4, -0.2) is 53.4 Å². The van der Waals surface area contributed by atoms with Gasteiger partial charge >= 0.3 is 0 Å². The number of nitrogens with one attached hydrogen (secondary N) is 3. The maximum absolute atomic E-state index is 13.0. The van der Waals surface area contributed by atoms with E-state index in [2.05, 4.69) is 16.0 Å². The van der Waals surface area contributed by atoms with E-state index < -0.39 is 5.54 Å². The third-order valence-corrected chi connectivity index (χ3v) is 7.31. The van der Waals surface area contributed by atoms with Gasteiger partial charge in [0.15, 0.2) is 11.3 Å². The minimum absolute atomic E-state index is 0.297. The number of thiazole rings is 1. The van der Waals surface area contributed by atoms with Crippen LogP contribution >= 0.6 is 11.3 Å². The molecule has 2 fully saturated rings. The molecule has 1 saturated heterocycles. The van der Waals surface area contributed by atoms with E-state index >= 15 is 0 Å². The van der Waals surface area contributed by atoms with Crippen LogP contribution in [0.1, 0.15) is 55.3 Å². The molecule has 2 heterocycles. The van der Waals surface area contributed by atoms with Crippen molar-refractivity contribution in [3.8, 4) is 17.5 Å². The highest BCUT2D eigenvalue weighted by atomic mass is 32.1. The van der Waals surface area contributed by atoms with Crippen LogP contribution < -0.4 is 16.0 Å². The molecule has 0 spiro atoms. The quantitative estimate of drug-likeness (QED) is 0.445. The van der Waals surface area contributed by atoms with Gasteiger partial charge in [-0.1, -0.05) is 31.4 Å². The maximum Gasteiger partial charge on any atom is 0.261 e. The third kappa shape index (κ3) is 5.34. The number of aromatic nitrogens is 1. The van der Waals surface area contributed by atoms with Crippen molar-refractivity contribution in [1.29, 1.82) is 5.26 Å². The van der Waals surface area contributed by atoms with Gasteiger partial charge in [0.1, 0.15) is 5.54 Å². The average molecular weight is 467 g/mol. The smallest absolute Gasteiger partial charge is 0.261 e. The molecule has 3 N–H and O–H groups in total. The number of nitrogens with zero attached hydrogens (tertiary/aromatic N) is 3. The summed E-state index contributed by atoms with van der Waals surface area (Å²) in [6, 6.07) is 7.74. The fraction of sp³-hybridized carbons (Fsp3) is 0.500. The lowest BCUT2D eigenvalue weighted by molar-refractivity contribution is -0.135. The molecule has 0 radical (unpaired) electrons. The molecule has 2 aromatic rings. The summed E-state index contributed by atoms with van der Waals surface area (Å²) in [5.74, 6) is -0.638. The van der Waals surface area contributed by atoms with Crippen molar-refractivity contribution in [2.45, 2.75) is 56.5 Å². The second kappa shape index (κ2) is 10.3. The number of nitriles is 1. The molecule has 1 aliphatic carbocycles. The molecule has 0 unspecified atom stereocenters. The van der Waals surface area contributed by atoms with E-state index in [-0.39, 0.29) is 11.8 Å². The highest BCUT2D eigenvalue weighted by molar-refractivity contribution is 7.14. The number of hydrogen-bond acceptors (Lipinski definition) is 7. The number of rotatable bonds is 6. The lowest BCUT2D eigenvalue weighted by atomic mass is 9.80. The van der Waals surface area contributed by atoms with Gasteiger partial charge in [-0.25, -0.2) is 4.98 Å². The normalized spacial score (nSPS) is 18.2. The summed E-state index contributed by atoms with van der Waals surface area (Å²) in [6.45, 7) is 2.05. The molecule has 2 aliphatic rings. The molecule has 2 amide bonds. The number of benzene rings is 1. The van der Waals surface area contributed by atoms with Gasteiger partial charge in [-0.3, -0.25) is 14.5 Å². The number of amides is 2. The van der Waals surface area contributed by atoms with Gasteiger partial charge in [0, 0.05) is 29.6 Å². The largest absolute Gasteiger partial charge is 0.359 e. The van der Waals surface area contributed by atoms with Crippen LogP contribution in [0.2, 0.25) is 0 Å². The van der Waals surface area contributed by atoms with Crippen LogP contribution in [0.15, 0.2) is 29.6 Å². The summed E-state index contributed by atoms with van der Waals surface area (Å²) in [7, 11) is 1.45. The minimum Gasteiger partial charge on any atom is -0.359 e. The number of piperidine rings is 1. The lowest BCUT2D eigenvalue weighted by Gasteiger charge is -2.37. The Hall–Kier alpha value is -2.96. The summed E-state index contributed by atoms with van der Waals surface area (Å²) < 4.78 is 0. The molecule has 4 rings (SSSR count). The standard InChI is InChI=1S/C24H30N6O2S/c1-30(16-25)22(32)24(11-3-2-4-12-24)29-21(31)18-7-5-17(6-8-18)20-15-33-23(28-20)27-19-9-13-26-14-10-19/h5-8,15,19,26H,2-4,9-14H2,1H3,(H,27,28)(H,29,31). The Labute approximate surface area is 198 Å². The van der Waals surface area contributed by atoms with Gasteiger partial charge in [-0.2, -0.15) is 5.26 Å². The van der Waals surface area contributed by atoms with E-state index in [9.17, 15) is 9.59 Å². The predicted octanol–water partition coefficient (Wildman–Crippen LogP) is 3.35. The van der Waals surface area contributed by atoms with Crippen LogP contribution in [0.4, 0.5) is 5.13 Å². The summed E-state index contributed by atoms with van der Waals surface area (Å²) >= 11 is 1.59. The van der Waals surface area contributed by atoms with Crippen LogP contribution in [-0.2, 0) is 4.79 Å². The molecular weight excluding hydrogens is 436 g/mol. The van der Waals surface area contributed by atoms with Crippen molar-refractivity contribution in [3.63, 3.8) is 0 Å².